The molecule has 4 nitrogen and oxygen atoms in total. The molecule has 1 aliphatic heterocycles. The maximum absolute atomic E-state index is 12.1. The van der Waals surface area contributed by atoms with E-state index in [1.54, 1.807) is 0 Å². The van der Waals surface area contributed by atoms with Gasteiger partial charge >= 0.3 is 6.03 Å². The lowest BCUT2D eigenvalue weighted by Crippen LogP contribution is -2.47. The zero-order valence-electron chi connectivity index (χ0n) is 11.2. The third-order valence-electron chi connectivity index (χ3n) is 3.86. The van der Waals surface area contributed by atoms with Crippen LogP contribution in [0, 0.1) is 11.8 Å². The number of carbonyl (C=O) groups excluding carboxylic acids is 1. The highest BCUT2D eigenvalue weighted by Gasteiger charge is 2.38. The summed E-state index contributed by atoms with van der Waals surface area (Å²) < 4.78 is 0. The molecule has 0 radical (unpaired) electrons. The first kappa shape index (κ1) is 12.7. The summed E-state index contributed by atoms with van der Waals surface area (Å²) in [6.07, 6.45) is 3.39. The third-order valence-corrected chi connectivity index (χ3v) is 3.86. The van der Waals surface area contributed by atoms with Crippen molar-refractivity contribution in [1.29, 1.82) is 0 Å². The van der Waals surface area contributed by atoms with Crippen LogP contribution in [0.3, 0.4) is 0 Å². The van der Waals surface area contributed by atoms with Crippen LogP contribution in [0.5, 0.6) is 0 Å². The van der Waals surface area contributed by atoms with E-state index in [1.165, 1.54) is 6.42 Å². The predicted molar refractivity (Wildman–Crippen MR) is 68.7 cm³/mol. The Bertz CT molecular complexity index is 298. The highest BCUT2D eigenvalue weighted by Crippen LogP contribution is 2.35. The van der Waals surface area contributed by atoms with Gasteiger partial charge in [-0.2, -0.15) is 0 Å². The molecule has 2 aliphatic rings. The average molecular weight is 239 g/mol. The summed E-state index contributed by atoms with van der Waals surface area (Å²) in [5.41, 5.74) is 5.84. The maximum Gasteiger partial charge on any atom is 0.317 e. The molecule has 1 saturated heterocycles. The summed E-state index contributed by atoms with van der Waals surface area (Å²) in [7, 11) is 0. The fraction of sp³-hybridized carbons (Fsp3) is 0.923. The molecule has 3 atom stereocenters. The molecule has 4 heteroatoms. The Labute approximate surface area is 104 Å². The number of nitrogens with zero attached hydrogens (tertiary/aromatic N) is 1. The van der Waals surface area contributed by atoms with Crippen LogP contribution in [0.1, 0.15) is 40.0 Å². The number of nitrogens with two attached hydrogens (primary N) is 1. The van der Waals surface area contributed by atoms with Gasteiger partial charge in [-0.3, -0.25) is 0 Å². The number of carbonyl (C=O) groups is 1. The minimum Gasteiger partial charge on any atom is -0.333 e. The summed E-state index contributed by atoms with van der Waals surface area (Å²) >= 11 is 0. The van der Waals surface area contributed by atoms with Gasteiger partial charge in [0.05, 0.1) is 0 Å². The van der Waals surface area contributed by atoms with Gasteiger partial charge in [0, 0.05) is 24.7 Å². The van der Waals surface area contributed by atoms with Gasteiger partial charge in [-0.05, 0) is 51.9 Å². The van der Waals surface area contributed by atoms with E-state index in [1.807, 2.05) is 25.7 Å². The monoisotopic (exact) mass is 239 g/mol. The maximum atomic E-state index is 12.1. The Balaban J connectivity index is 1.91. The van der Waals surface area contributed by atoms with Crippen molar-refractivity contribution in [2.45, 2.75) is 51.6 Å². The first-order valence-corrected chi connectivity index (χ1v) is 6.68. The van der Waals surface area contributed by atoms with Gasteiger partial charge in [0.15, 0.2) is 0 Å². The first-order chi connectivity index (χ1) is 7.85. The SMILES string of the molecule is CC(C)(C)NC(=O)N1C[C@H]2CCC(N)C[C@H]2C1. The molecule has 0 bridgehead atoms. The molecular weight excluding hydrogens is 214 g/mol. The molecule has 2 fully saturated rings. The Morgan fingerprint density at radius 3 is 2.53 bits per heavy atom. The first-order valence-electron chi connectivity index (χ1n) is 6.68. The van der Waals surface area contributed by atoms with Crippen LogP contribution < -0.4 is 11.1 Å². The zero-order chi connectivity index (χ0) is 12.6. The van der Waals surface area contributed by atoms with Crippen molar-refractivity contribution in [3.63, 3.8) is 0 Å². The lowest BCUT2D eigenvalue weighted by Gasteiger charge is -2.27. The Hall–Kier alpha value is -0.770. The number of fused-ring (bicyclic) bond motifs is 1. The van der Waals surface area contributed by atoms with Gasteiger partial charge in [-0.1, -0.05) is 0 Å². The standard InChI is InChI=1S/C13H25N3O/c1-13(2,3)15-12(17)16-7-9-4-5-11(14)6-10(9)8-16/h9-11H,4-8,14H2,1-3H3,(H,15,17)/t9-,10+,11?/m1/s1. The van der Waals surface area contributed by atoms with Crippen molar-refractivity contribution in [1.82, 2.24) is 10.2 Å². The van der Waals surface area contributed by atoms with Gasteiger partial charge in [0.1, 0.15) is 0 Å². The molecule has 1 heterocycles. The molecule has 0 aromatic heterocycles. The van der Waals surface area contributed by atoms with Crippen LogP contribution in [-0.4, -0.2) is 35.6 Å². The summed E-state index contributed by atoms with van der Waals surface area (Å²) in [6, 6.07) is 0.433. The number of nitrogens with one attached hydrogen (secondary N) is 1. The summed E-state index contributed by atoms with van der Waals surface area (Å²) in [4.78, 5) is 14.0. The van der Waals surface area contributed by atoms with Crippen molar-refractivity contribution < 1.29 is 4.79 Å². The number of amides is 2. The molecular formula is C13H25N3O. The van der Waals surface area contributed by atoms with Crippen LogP contribution in [0.2, 0.25) is 0 Å². The number of hydrogen-bond donors (Lipinski definition) is 2. The van der Waals surface area contributed by atoms with E-state index >= 15 is 0 Å². The lowest BCUT2D eigenvalue weighted by molar-refractivity contribution is 0.197. The van der Waals surface area contributed by atoms with Crippen LogP contribution in [0.15, 0.2) is 0 Å². The Morgan fingerprint density at radius 2 is 1.88 bits per heavy atom. The van der Waals surface area contributed by atoms with Gasteiger partial charge in [-0.15, -0.1) is 0 Å². The minimum absolute atomic E-state index is 0.0838. The highest BCUT2D eigenvalue weighted by atomic mass is 16.2. The van der Waals surface area contributed by atoms with Gasteiger partial charge < -0.3 is 16.0 Å². The normalized spacial score (nSPS) is 33.4. The topological polar surface area (TPSA) is 58.4 Å². The Morgan fingerprint density at radius 1 is 1.24 bits per heavy atom. The van der Waals surface area contributed by atoms with E-state index in [4.69, 9.17) is 5.73 Å². The molecule has 1 aliphatic carbocycles. The molecule has 0 aromatic rings. The van der Waals surface area contributed by atoms with E-state index in [-0.39, 0.29) is 11.6 Å². The second-order valence-electron chi connectivity index (χ2n) is 6.68. The highest BCUT2D eigenvalue weighted by molar-refractivity contribution is 5.75. The van der Waals surface area contributed by atoms with E-state index < -0.39 is 0 Å². The second kappa shape index (κ2) is 4.48. The van der Waals surface area contributed by atoms with E-state index in [2.05, 4.69) is 5.32 Å². The Kier molecular flexibility index (Phi) is 3.34. The molecule has 98 valence electrons. The average Bonchev–Trinajstić information content (AvgIpc) is 2.57. The minimum atomic E-state index is -0.152. The molecule has 0 spiro atoms. The van der Waals surface area contributed by atoms with Gasteiger partial charge in [0.25, 0.3) is 0 Å². The lowest BCUT2D eigenvalue weighted by atomic mass is 9.79. The second-order valence-corrected chi connectivity index (χ2v) is 6.68. The number of hydrogen-bond acceptors (Lipinski definition) is 2. The van der Waals surface area contributed by atoms with Crippen molar-refractivity contribution in [2.75, 3.05) is 13.1 Å². The van der Waals surface area contributed by atoms with Crippen molar-refractivity contribution in [2.24, 2.45) is 17.6 Å². The molecule has 17 heavy (non-hydrogen) atoms. The number of urea groups is 1. The molecule has 2 amide bonds. The van der Waals surface area contributed by atoms with E-state index in [0.29, 0.717) is 17.9 Å². The summed E-state index contributed by atoms with van der Waals surface area (Å²) in [6.45, 7) is 7.86. The van der Waals surface area contributed by atoms with Crippen LogP contribution in [-0.2, 0) is 0 Å². The van der Waals surface area contributed by atoms with Crippen molar-refractivity contribution in [3.05, 3.63) is 0 Å². The van der Waals surface area contributed by atoms with Crippen molar-refractivity contribution >= 4 is 6.03 Å². The quantitative estimate of drug-likeness (QED) is 0.674. The van der Waals surface area contributed by atoms with Crippen LogP contribution >= 0.6 is 0 Å². The third kappa shape index (κ3) is 3.12. The van der Waals surface area contributed by atoms with Gasteiger partial charge in [0.2, 0.25) is 0 Å². The predicted octanol–water partition coefficient (Wildman–Crippen LogP) is 1.55. The van der Waals surface area contributed by atoms with E-state index in [9.17, 15) is 4.79 Å². The molecule has 1 saturated carbocycles. The number of rotatable bonds is 0. The van der Waals surface area contributed by atoms with E-state index in [0.717, 1.165) is 25.9 Å². The smallest absolute Gasteiger partial charge is 0.317 e. The molecule has 1 unspecified atom stereocenters. The fourth-order valence-electron chi connectivity index (χ4n) is 3.03. The van der Waals surface area contributed by atoms with Crippen molar-refractivity contribution in [3.8, 4) is 0 Å². The zero-order valence-corrected chi connectivity index (χ0v) is 11.2. The van der Waals surface area contributed by atoms with Gasteiger partial charge in [-0.25, -0.2) is 4.79 Å². The molecule has 0 aromatic carbocycles. The largest absolute Gasteiger partial charge is 0.333 e. The summed E-state index contributed by atoms with van der Waals surface area (Å²) in [5, 5.41) is 3.04. The van der Waals surface area contributed by atoms with Crippen LogP contribution in [0.25, 0.3) is 0 Å². The molecule has 2 rings (SSSR count). The van der Waals surface area contributed by atoms with Crippen LogP contribution in [0.4, 0.5) is 4.79 Å². The number of likely N-dealkylation sites (tertiary alicyclic amines) is 1. The fourth-order valence-corrected chi connectivity index (χ4v) is 3.03. The summed E-state index contributed by atoms with van der Waals surface area (Å²) in [5.74, 6) is 1.31. The molecule has 3 N–H and O–H groups in total.